The highest BCUT2D eigenvalue weighted by molar-refractivity contribution is 7.91. The molecule has 1 amide bonds. The Labute approximate surface area is 169 Å². The van der Waals surface area contributed by atoms with Gasteiger partial charge in [0.15, 0.2) is 21.5 Å². The van der Waals surface area contributed by atoms with Crippen molar-refractivity contribution in [2.75, 3.05) is 6.54 Å². The first-order valence-corrected chi connectivity index (χ1v) is 10.9. The number of aryl methyl sites for hydroxylation is 1. The molecule has 0 saturated carbocycles. The predicted octanol–water partition coefficient (Wildman–Crippen LogP) is 4.42. The van der Waals surface area contributed by atoms with Gasteiger partial charge in [-0.3, -0.25) is 4.79 Å². The molecule has 1 N–H and O–H groups in total. The lowest BCUT2D eigenvalue weighted by atomic mass is 10.2. The number of thiophene rings is 1. The van der Waals surface area contributed by atoms with Crippen molar-refractivity contribution in [2.24, 2.45) is 0 Å². The number of carbonyl (C=O) groups excluding carboxylic acids is 1. The first-order chi connectivity index (χ1) is 13.7. The summed E-state index contributed by atoms with van der Waals surface area (Å²) in [6.45, 7) is 1.16. The first kappa shape index (κ1) is 21.1. The fourth-order valence-corrected chi connectivity index (χ4v) is 5.59. The minimum absolute atomic E-state index is 0.0723. The van der Waals surface area contributed by atoms with Crippen LogP contribution in [0.5, 0.6) is 0 Å². The molecule has 3 aromatic rings. The summed E-state index contributed by atoms with van der Waals surface area (Å²) in [6.07, 6.45) is 0. The quantitative estimate of drug-likeness (QED) is 0.579. The zero-order valence-corrected chi connectivity index (χ0v) is 16.8. The van der Waals surface area contributed by atoms with E-state index in [2.05, 4.69) is 5.32 Å². The van der Waals surface area contributed by atoms with Crippen LogP contribution in [0.4, 0.5) is 13.2 Å². The van der Waals surface area contributed by atoms with E-state index in [4.69, 9.17) is 0 Å². The van der Waals surface area contributed by atoms with Crippen molar-refractivity contribution >= 4 is 27.1 Å². The Morgan fingerprint density at radius 2 is 1.76 bits per heavy atom. The molecule has 152 valence electrons. The van der Waals surface area contributed by atoms with Crippen LogP contribution in [0.2, 0.25) is 0 Å². The summed E-state index contributed by atoms with van der Waals surface area (Å²) < 4.78 is 66.3. The summed E-state index contributed by atoms with van der Waals surface area (Å²) in [5.41, 5.74) is 0.0469. The summed E-state index contributed by atoms with van der Waals surface area (Å²) in [5.74, 6) is -3.53. The molecule has 1 aromatic heterocycles. The number of hydrogen-bond donors (Lipinski definition) is 1. The molecule has 2 aromatic carbocycles. The fourth-order valence-electron chi connectivity index (χ4n) is 2.72. The first-order valence-electron chi connectivity index (χ1n) is 8.47. The van der Waals surface area contributed by atoms with E-state index in [1.807, 2.05) is 0 Å². The number of sulfone groups is 1. The van der Waals surface area contributed by atoms with Gasteiger partial charge in [-0.05, 0) is 60.3 Å². The van der Waals surface area contributed by atoms with E-state index in [0.717, 1.165) is 24.3 Å². The van der Waals surface area contributed by atoms with Crippen LogP contribution < -0.4 is 5.32 Å². The number of hydrogen-bond acceptors (Lipinski definition) is 4. The Hall–Kier alpha value is -2.65. The van der Waals surface area contributed by atoms with Crippen LogP contribution in [0.25, 0.3) is 0 Å². The fraction of sp³-hybridized carbons (Fsp3) is 0.150. The summed E-state index contributed by atoms with van der Waals surface area (Å²) in [6, 6.07) is 9.45. The zero-order chi connectivity index (χ0) is 21.2. The van der Waals surface area contributed by atoms with Crippen LogP contribution in [0, 0.1) is 24.4 Å². The Balaban J connectivity index is 1.89. The van der Waals surface area contributed by atoms with Crippen molar-refractivity contribution in [1.29, 1.82) is 0 Å². The Kier molecular flexibility index (Phi) is 6.09. The van der Waals surface area contributed by atoms with Crippen LogP contribution in [-0.4, -0.2) is 20.9 Å². The number of amides is 1. The zero-order valence-electron chi connectivity index (χ0n) is 15.2. The van der Waals surface area contributed by atoms with E-state index in [1.54, 1.807) is 17.5 Å². The number of halogens is 3. The van der Waals surface area contributed by atoms with Gasteiger partial charge < -0.3 is 5.32 Å². The van der Waals surface area contributed by atoms with E-state index in [0.29, 0.717) is 4.88 Å². The number of carbonyl (C=O) groups is 1. The van der Waals surface area contributed by atoms with Crippen LogP contribution in [0.3, 0.4) is 0 Å². The highest BCUT2D eigenvalue weighted by atomic mass is 32.2. The molecule has 0 spiro atoms. The molecular weight excluding hydrogens is 423 g/mol. The standard InChI is InChI=1S/C20H16F3NO3S2/c1-12-9-14(5-7-15(12)21)29(26,27)19(18-3-2-8-28-18)11-24-20(25)13-4-6-16(22)17(23)10-13/h2-10,19H,11H2,1H3,(H,24,25)/t19-/m1/s1. The minimum atomic E-state index is -3.96. The predicted molar refractivity (Wildman–Crippen MR) is 104 cm³/mol. The monoisotopic (exact) mass is 439 g/mol. The number of rotatable bonds is 6. The maximum atomic E-state index is 13.6. The minimum Gasteiger partial charge on any atom is -0.350 e. The molecule has 3 rings (SSSR count). The molecule has 29 heavy (non-hydrogen) atoms. The highest BCUT2D eigenvalue weighted by Gasteiger charge is 2.31. The normalized spacial score (nSPS) is 12.6. The molecule has 1 atom stereocenters. The van der Waals surface area contributed by atoms with E-state index in [1.165, 1.54) is 30.4 Å². The van der Waals surface area contributed by atoms with Crippen molar-refractivity contribution in [1.82, 2.24) is 5.32 Å². The summed E-state index contributed by atoms with van der Waals surface area (Å²) in [5, 5.41) is 3.04. The lowest BCUT2D eigenvalue weighted by Gasteiger charge is -2.18. The van der Waals surface area contributed by atoms with Gasteiger partial charge in [-0.25, -0.2) is 21.6 Å². The van der Waals surface area contributed by atoms with Crippen LogP contribution in [-0.2, 0) is 9.84 Å². The SMILES string of the molecule is Cc1cc(S(=O)(=O)[C@H](CNC(=O)c2ccc(F)c(F)c2)c2cccs2)ccc1F. The molecule has 0 radical (unpaired) electrons. The van der Waals surface area contributed by atoms with Crippen molar-refractivity contribution in [3.63, 3.8) is 0 Å². The Morgan fingerprint density at radius 1 is 1.03 bits per heavy atom. The largest absolute Gasteiger partial charge is 0.350 e. The number of benzene rings is 2. The van der Waals surface area contributed by atoms with Crippen molar-refractivity contribution in [3.05, 3.63) is 87.4 Å². The van der Waals surface area contributed by atoms with Gasteiger partial charge >= 0.3 is 0 Å². The second kappa shape index (κ2) is 8.38. The van der Waals surface area contributed by atoms with Gasteiger partial charge in [-0.15, -0.1) is 11.3 Å². The Bertz CT molecular complexity index is 1150. The van der Waals surface area contributed by atoms with E-state index < -0.39 is 38.4 Å². The molecule has 1 heterocycles. The van der Waals surface area contributed by atoms with Gasteiger partial charge in [0.25, 0.3) is 5.91 Å². The third kappa shape index (κ3) is 4.51. The van der Waals surface area contributed by atoms with Gasteiger partial charge in [0.1, 0.15) is 11.1 Å². The van der Waals surface area contributed by atoms with E-state index in [-0.39, 0.29) is 22.6 Å². The van der Waals surface area contributed by atoms with Gasteiger partial charge in [0, 0.05) is 17.0 Å². The summed E-state index contributed by atoms with van der Waals surface area (Å²) in [7, 11) is -3.96. The molecule has 0 aliphatic carbocycles. The van der Waals surface area contributed by atoms with Gasteiger partial charge in [-0.1, -0.05) is 6.07 Å². The summed E-state index contributed by atoms with van der Waals surface area (Å²) >= 11 is 1.20. The van der Waals surface area contributed by atoms with Crippen LogP contribution in [0.15, 0.2) is 58.8 Å². The lowest BCUT2D eigenvalue weighted by molar-refractivity contribution is 0.0953. The molecule has 9 heteroatoms. The molecule has 0 bridgehead atoms. The molecular formula is C20H16F3NO3S2. The molecule has 0 saturated heterocycles. The average Bonchev–Trinajstić information content (AvgIpc) is 3.20. The van der Waals surface area contributed by atoms with E-state index in [9.17, 15) is 26.4 Å². The second-order valence-corrected chi connectivity index (χ2v) is 9.41. The van der Waals surface area contributed by atoms with Gasteiger partial charge in [0.05, 0.1) is 4.90 Å². The lowest BCUT2D eigenvalue weighted by Crippen LogP contribution is -2.31. The van der Waals surface area contributed by atoms with Crippen molar-refractivity contribution in [3.8, 4) is 0 Å². The summed E-state index contributed by atoms with van der Waals surface area (Å²) in [4.78, 5) is 12.7. The third-order valence-electron chi connectivity index (χ3n) is 4.32. The second-order valence-electron chi connectivity index (χ2n) is 6.30. The smallest absolute Gasteiger partial charge is 0.251 e. The molecule has 4 nitrogen and oxygen atoms in total. The van der Waals surface area contributed by atoms with Gasteiger partial charge in [0.2, 0.25) is 0 Å². The molecule has 0 aliphatic rings. The van der Waals surface area contributed by atoms with Crippen LogP contribution >= 0.6 is 11.3 Å². The van der Waals surface area contributed by atoms with Crippen molar-refractivity contribution < 1.29 is 26.4 Å². The maximum absolute atomic E-state index is 13.6. The van der Waals surface area contributed by atoms with Crippen molar-refractivity contribution in [2.45, 2.75) is 17.1 Å². The number of nitrogens with one attached hydrogen (secondary N) is 1. The van der Waals surface area contributed by atoms with E-state index >= 15 is 0 Å². The third-order valence-corrected chi connectivity index (χ3v) is 7.54. The van der Waals surface area contributed by atoms with Crippen LogP contribution in [0.1, 0.15) is 26.0 Å². The Morgan fingerprint density at radius 3 is 2.38 bits per heavy atom. The molecule has 0 unspecified atom stereocenters. The molecule has 0 aliphatic heterocycles. The maximum Gasteiger partial charge on any atom is 0.251 e. The molecule has 0 fully saturated rings. The highest BCUT2D eigenvalue weighted by Crippen LogP contribution is 2.32. The average molecular weight is 439 g/mol. The van der Waals surface area contributed by atoms with Gasteiger partial charge in [-0.2, -0.15) is 0 Å². The topological polar surface area (TPSA) is 63.2 Å².